The zero-order chi connectivity index (χ0) is 16.5. The summed E-state index contributed by atoms with van der Waals surface area (Å²) in [5.74, 6) is 0.175. The fourth-order valence-corrected chi connectivity index (χ4v) is 3.76. The second kappa shape index (κ2) is 6.13. The topological polar surface area (TPSA) is 46.1 Å². The molecule has 2 aliphatic rings. The van der Waals surface area contributed by atoms with Gasteiger partial charge < -0.3 is 0 Å². The first-order valence-electron chi connectivity index (χ1n) is 8.24. The van der Waals surface area contributed by atoms with Gasteiger partial charge in [-0.15, -0.1) is 0 Å². The van der Waals surface area contributed by atoms with Crippen LogP contribution in [0.25, 0.3) is 12.2 Å². The van der Waals surface area contributed by atoms with Crippen molar-refractivity contribution in [1.82, 2.24) is 14.9 Å². The Morgan fingerprint density at radius 3 is 1.71 bits per heavy atom. The van der Waals surface area contributed by atoms with Gasteiger partial charge in [0.15, 0.2) is 5.78 Å². The van der Waals surface area contributed by atoms with Crippen molar-refractivity contribution in [3.8, 4) is 0 Å². The number of rotatable bonds is 2. The Bertz CT molecular complexity index is 744. The van der Waals surface area contributed by atoms with Crippen LogP contribution in [0.2, 0.25) is 0 Å². The predicted molar refractivity (Wildman–Crippen MR) is 94.0 cm³/mol. The second-order valence-electron chi connectivity index (χ2n) is 6.36. The first kappa shape index (κ1) is 15.0. The van der Waals surface area contributed by atoms with Crippen LogP contribution in [0.5, 0.6) is 0 Å². The molecular formula is C20H19N3O. The van der Waals surface area contributed by atoms with Crippen LogP contribution in [-0.4, -0.2) is 39.8 Å². The van der Waals surface area contributed by atoms with Crippen LogP contribution in [0.4, 0.5) is 0 Å². The molecule has 0 aliphatic carbocycles. The van der Waals surface area contributed by atoms with Gasteiger partial charge in [0.25, 0.3) is 0 Å². The third kappa shape index (κ3) is 2.59. The van der Waals surface area contributed by atoms with Crippen molar-refractivity contribution in [3.05, 3.63) is 71.3 Å². The lowest BCUT2D eigenvalue weighted by Gasteiger charge is -2.34. The maximum atomic E-state index is 13.1. The lowest BCUT2D eigenvalue weighted by atomic mass is 9.88. The number of carbonyl (C=O) groups is 1. The van der Waals surface area contributed by atoms with Crippen LogP contribution in [-0.2, 0) is 4.79 Å². The van der Waals surface area contributed by atoms with E-state index in [2.05, 4.69) is 21.9 Å². The van der Waals surface area contributed by atoms with E-state index in [9.17, 15) is 4.79 Å². The Labute approximate surface area is 141 Å². The van der Waals surface area contributed by atoms with Crippen LogP contribution in [0.3, 0.4) is 0 Å². The van der Waals surface area contributed by atoms with Gasteiger partial charge in [0.1, 0.15) is 0 Å². The summed E-state index contributed by atoms with van der Waals surface area (Å²) >= 11 is 0. The van der Waals surface area contributed by atoms with E-state index in [-0.39, 0.29) is 17.9 Å². The monoisotopic (exact) mass is 317 g/mol. The molecule has 2 unspecified atom stereocenters. The molecule has 2 bridgehead atoms. The minimum atomic E-state index is 0.175. The highest BCUT2D eigenvalue weighted by Gasteiger charge is 2.44. The molecule has 0 spiro atoms. The van der Waals surface area contributed by atoms with E-state index in [1.165, 1.54) is 0 Å². The summed E-state index contributed by atoms with van der Waals surface area (Å²) in [5.41, 5.74) is 3.82. The normalized spacial score (nSPS) is 27.1. The number of likely N-dealkylation sites (N-methyl/N-ethyl adjacent to an activating group) is 1. The molecule has 2 aromatic rings. The van der Waals surface area contributed by atoms with Gasteiger partial charge in [-0.2, -0.15) is 0 Å². The van der Waals surface area contributed by atoms with E-state index in [0.717, 1.165) is 35.1 Å². The molecule has 4 heterocycles. The minimum Gasteiger partial charge on any atom is -0.292 e. The van der Waals surface area contributed by atoms with Crippen molar-refractivity contribution in [2.45, 2.75) is 24.9 Å². The molecule has 0 saturated carbocycles. The Kier molecular flexibility index (Phi) is 3.82. The summed E-state index contributed by atoms with van der Waals surface area (Å²) in [6.07, 6.45) is 13.1. The van der Waals surface area contributed by atoms with Gasteiger partial charge in [-0.25, -0.2) is 0 Å². The Morgan fingerprint density at radius 2 is 1.29 bits per heavy atom. The molecule has 4 rings (SSSR count). The summed E-state index contributed by atoms with van der Waals surface area (Å²) in [6, 6.07) is 8.18. The molecule has 0 N–H and O–H groups in total. The molecule has 2 aliphatic heterocycles. The predicted octanol–water partition coefficient (Wildman–Crippen LogP) is 2.99. The Balaban J connectivity index is 1.78. The quantitative estimate of drug-likeness (QED) is 0.799. The molecule has 2 aromatic heterocycles. The highest BCUT2D eigenvalue weighted by Crippen LogP contribution is 2.40. The first-order chi connectivity index (χ1) is 11.7. The van der Waals surface area contributed by atoms with Crippen LogP contribution >= 0.6 is 0 Å². The summed E-state index contributed by atoms with van der Waals surface area (Å²) < 4.78 is 0. The highest BCUT2D eigenvalue weighted by molar-refractivity contribution is 6.16. The van der Waals surface area contributed by atoms with Crippen molar-refractivity contribution in [3.63, 3.8) is 0 Å². The van der Waals surface area contributed by atoms with Crippen LogP contribution in [0.15, 0.2) is 60.2 Å². The molecule has 0 radical (unpaired) electrons. The molecular weight excluding hydrogens is 298 g/mol. The largest absolute Gasteiger partial charge is 0.292 e. The number of hydrogen-bond acceptors (Lipinski definition) is 4. The van der Waals surface area contributed by atoms with Gasteiger partial charge in [0, 0.05) is 48.0 Å². The number of Topliss-reactive ketones (excluding diaryl/α,β-unsaturated/α-hetero) is 1. The number of hydrogen-bond donors (Lipinski definition) is 0. The maximum Gasteiger partial charge on any atom is 0.188 e. The maximum absolute atomic E-state index is 13.1. The van der Waals surface area contributed by atoms with Gasteiger partial charge in [-0.05, 0) is 67.4 Å². The van der Waals surface area contributed by atoms with Crippen molar-refractivity contribution in [1.29, 1.82) is 0 Å². The molecule has 2 fully saturated rings. The van der Waals surface area contributed by atoms with E-state index in [1.54, 1.807) is 24.8 Å². The minimum absolute atomic E-state index is 0.175. The van der Waals surface area contributed by atoms with E-state index >= 15 is 0 Å². The SMILES string of the molecule is CN1C2CCC1/C(=C\c1ccncc1)C(=O)/C2=C\c1ccncc1. The lowest BCUT2D eigenvalue weighted by Crippen LogP contribution is -2.43. The van der Waals surface area contributed by atoms with E-state index in [4.69, 9.17) is 0 Å². The number of ketones is 1. The van der Waals surface area contributed by atoms with Crippen molar-refractivity contribution in [2.24, 2.45) is 0 Å². The third-order valence-corrected chi connectivity index (χ3v) is 5.00. The lowest BCUT2D eigenvalue weighted by molar-refractivity contribution is -0.114. The van der Waals surface area contributed by atoms with Crippen LogP contribution in [0.1, 0.15) is 24.0 Å². The number of nitrogens with zero attached hydrogens (tertiary/aromatic N) is 3. The van der Waals surface area contributed by atoms with Gasteiger partial charge in [-0.3, -0.25) is 19.7 Å². The van der Waals surface area contributed by atoms with Crippen LogP contribution in [0, 0.1) is 0 Å². The Morgan fingerprint density at radius 1 is 0.875 bits per heavy atom. The number of piperidine rings is 1. The second-order valence-corrected chi connectivity index (χ2v) is 6.36. The smallest absolute Gasteiger partial charge is 0.188 e. The zero-order valence-corrected chi connectivity index (χ0v) is 13.6. The van der Waals surface area contributed by atoms with Gasteiger partial charge in [-0.1, -0.05) is 0 Å². The zero-order valence-electron chi connectivity index (χ0n) is 13.6. The standard InChI is InChI=1S/C20H19N3O/c1-23-18-2-3-19(23)17(13-15-6-10-22-11-7-15)20(24)16(18)12-14-4-8-21-9-5-14/h4-13,18-19H,2-3H2,1H3/b16-12-,17-13+. The summed E-state index contributed by atoms with van der Waals surface area (Å²) in [6.45, 7) is 0. The van der Waals surface area contributed by atoms with Gasteiger partial charge in [0.2, 0.25) is 0 Å². The molecule has 2 saturated heterocycles. The highest BCUT2D eigenvalue weighted by atomic mass is 16.1. The van der Waals surface area contributed by atoms with Gasteiger partial charge in [0.05, 0.1) is 0 Å². The van der Waals surface area contributed by atoms with Crippen molar-refractivity contribution >= 4 is 17.9 Å². The summed E-state index contributed by atoms with van der Waals surface area (Å²) in [7, 11) is 2.12. The van der Waals surface area contributed by atoms with E-state index < -0.39 is 0 Å². The third-order valence-electron chi connectivity index (χ3n) is 5.00. The molecule has 4 heteroatoms. The van der Waals surface area contributed by atoms with E-state index in [1.807, 2.05) is 36.4 Å². The molecule has 2 atom stereocenters. The number of aromatic nitrogens is 2. The molecule has 4 nitrogen and oxygen atoms in total. The first-order valence-corrected chi connectivity index (χ1v) is 8.24. The molecule has 0 aromatic carbocycles. The van der Waals surface area contributed by atoms with Crippen LogP contribution < -0.4 is 0 Å². The number of fused-ring (bicyclic) bond motifs is 2. The Hall–Kier alpha value is -2.59. The average Bonchev–Trinajstić information content (AvgIpc) is 2.93. The van der Waals surface area contributed by atoms with E-state index in [0.29, 0.717) is 0 Å². The van der Waals surface area contributed by atoms with Crippen molar-refractivity contribution in [2.75, 3.05) is 7.05 Å². The molecule has 120 valence electrons. The average molecular weight is 317 g/mol. The van der Waals surface area contributed by atoms with Crippen molar-refractivity contribution < 1.29 is 4.79 Å². The molecule has 24 heavy (non-hydrogen) atoms. The van der Waals surface area contributed by atoms with Gasteiger partial charge >= 0.3 is 0 Å². The summed E-state index contributed by atoms with van der Waals surface area (Å²) in [5, 5.41) is 0. The number of carbonyl (C=O) groups excluding carboxylic acids is 1. The number of pyridine rings is 2. The fourth-order valence-electron chi connectivity index (χ4n) is 3.76. The summed E-state index contributed by atoms with van der Waals surface area (Å²) in [4.78, 5) is 23.6. The molecule has 0 amide bonds. The fraction of sp³-hybridized carbons (Fsp3) is 0.250.